The van der Waals surface area contributed by atoms with E-state index >= 15 is 0 Å². The molecule has 3 heteroatoms. The molecule has 1 saturated heterocycles. The van der Waals surface area contributed by atoms with Crippen molar-refractivity contribution in [1.29, 1.82) is 0 Å². The van der Waals surface area contributed by atoms with Gasteiger partial charge in [-0.2, -0.15) is 0 Å². The molecule has 19 heavy (non-hydrogen) atoms. The van der Waals surface area contributed by atoms with Gasteiger partial charge in [0.05, 0.1) is 11.7 Å². The van der Waals surface area contributed by atoms with Crippen LogP contribution in [0.2, 0.25) is 0 Å². The first-order valence-electron chi connectivity index (χ1n) is 7.68. The largest absolute Gasteiger partial charge is 0.326 e. The summed E-state index contributed by atoms with van der Waals surface area (Å²) in [7, 11) is 0. The quantitative estimate of drug-likeness (QED) is 0.829. The van der Waals surface area contributed by atoms with E-state index in [1.807, 2.05) is 6.92 Å². The zero-order valence-corrected chi connectivity index (χ0v) is 13.8. The highest BCUT2D eigenvalue weighted by Crippen LogP contribution is 2.29. The van der Waals surface area contributed by atoms with Gasteiger partial charge in [0.1, 0.15) is 0 Å². The van der Waals surface area contributed by atoms with Gasteiger partial charge in [0.25, 0.3) is 0 Å². The van der Waals surface area contributed by atoms with Crippen LogP contribution in [0.4, 0.5) is 0 Å². The number of hydrogen-bond acceptors (Lipinski definition) is 2. The average Bonchev–Trinajstić information content (AvgIpc) is 2.48. The predicted octanol–water partition coefficient (Wildman–Crippen LogP) is 3.40. The Kier molecular flexibility index (Phi) is 5.05. The van der Waals surface area contributed by atoms with E-state index < -0.39 is 0 Å². The van der Waals surface area contributed by atoms with Gasteiger partial charge in [-0.05, 0) is 37.5 Å². The first-order chi connectivity index (χ1) is 8.59. The van der Waals surface area contributed by atoms with E-state index in [0.717, 1.165) is 25.8 Å². The molecular weight excluding hydrogens is 236 g/mol. The van der Waals surface area contributed by atoms with Crippen molar-refractivity contribution in [1.82, 2.24) is 10.2 Å². The third-order valence-electron chi connectivity index (χ3n) is 4.10. The monoisotopic (exact) mass is 268 g/mol. The molecule has 2 atom stereocenters. The fraction of sp³-hybridized carbons (Fsp3) is 0.938. The zero-order valence-electron chi connectivity index (χ0n) is 13.8. The van der Waals surface area contributed by atoms with Crippen molar-refractivity contribution in [2.75, 3.05) is 6.54 Å². The van der Waals surface area contributed by atoms with Gasteiger partial charge in [0.15, 0.2) is 0 Å². The third kappa shape index (κ3) is 4.20. The van der Waals surface area contributed by atoms with Crippen LogP contribution < -0.4 is 5.32 Å². The molecule has 0 saturated carbocycles. The lowest BCUT2D eigenvalue weighted by atomic mass is 9.91. The Bertz CT molecular complexity index is 319. The minimum atomic E-state index is -0.364. The van der Waals surface area contributed by atoms with Crippen LogP contribution >= 0.6 is 0 Å². The Morgan fingerprint density at radius 1 is 1.37 bits per heavy atom. The van der Waals surface area contributed by atoms with E-state index in [1.165, 1.54) is 0 Å². The number of rotatable bonds is 5. The highest BCUT2D eigenvalue weighted by atomic mass is 16.2. The molecule has 2 unspecified atom stereocenters. The van der Waals surface area contributed by atoms with E-state index in [1.54, 1.807) is 0 Å². The predicted molar refractivity (Wildman–Crippen MR) is 80.9 cm³/mol. The van der Waals surface area contributed by atoms with Crippen LogP contribution in [0, 0.1) is 11.3 Å². The fourth-order valence-electron chi connectivity index (χ4n) is 2.57. The summed E-state index contributed by atoms with van der Waals surface area (Å²) >= 11 is 0. The van der Waals surface area contributed by atoms with Crippen molar-refractivity contribution in [2.45, 2.75) is 79.4 Å². The second kappa shape index (κ2) is 5.82. The number of carbonyl (C=O) groups excluding carboxylic acids is 1. The summed E-state index contributed by atoms with van der Waals surface area (Å²) in [5.74, 6) is 0.881. The molecule has 1 fully saturated rings. The molecule has 1 heterocycles. The third-order valence-corrected chi connectivity index (χ3v) is 4.10. The molecule has 1 amide bonds. The maximum Gasteiger partial charge on any atom is 0.243 e. The van der Waals surface area contributed by atoms with E-state index in [4.69, 9.17) is 0 Å². The summed E-state index contributed by atoms with van der Waals surface area (Å²) in [5, 5.41) is 3.56. The summed E-state index contributed by atoms with van der Waals surface area (Å²) in [6, 6.07) is 0. The van der Waals surface area contributed by atoms with Crippen molar-refractivity contribution >= 4 is 5.91 Å². The SMILES string of the molecule is CCC1(C)NC(CC(C)C)N(CCC(C)(C)C)C1=O. The number of nitrogens with zero attached hydrogens (tertiary/aromatic N) is 1. The molecule has 0 radical (unpaired) electrons. The highest BCUT2D eigenvalue weighted by Gasteiger charge is 2.46. The van der Waals surface area contributed by atoms with Crippen molar-refractivity contribution in [3.8, 4) is 0 Å². The minimum absolute atomic E-state index is 0.208. The molecule has 0 spiro atoms. The van der Waals surface area contributed by atoms with Gasteiger partial charge in [0, 0.05) is 6.54 Å². The van der Waals surface area contributed by atoms with Gasteiger partial charge in [0.2, 0.25) is 5.91 Å². The van der Waals surface area contributed by atoms with Gasteiger partial charge >= 0.3 is 0 Å². The molecule has 112 valence electrons. The lowest BCUT2D eigenvalue weighted by Crippen LogP contribution is -2.44. The number of hydrogen-bond donors (Lipinski definition) is 1. The summed E-state index contributed by atoms with van der Waals surface area (Å²) in [6.07, 6.45) is 3.15. The highest BCUT2D eigenvalue weighted by molar-refractivity contribution is 5.88. The smallest absolute Gasteiger partial charge is 0.243 e. The van der Waals surface area contributed by atoms with Gasteiger partial charge in [-0.1, -0.05) is 41.5 Å². The lowest BCUT2D eigenvalue weighted by molar-refractivity contribution is -0.133. The average molecular weight is 268 g/mol. The molecule has 0 aromatic rings. The fourth-order valence-corrected chi connectivity index (χ4v) is 2.57. The molecule has 0 aliphatic carbocycles. The normalized spacial score (nSPS) is 28.5. The van der Waals surface area contributed by atoms with Gasteiger partial charge in [-0.3, -0.25) is 10.1 Å². The molecule has 3 nitrogen and oxygen atoms in total. The first-order valence-corrected chi connectivity index (χ1v) is 7.68. The van der Waals surface area contributed by atoms with Crippen LogP contribution in [0.3, 0.4) is 0 Å². The Morgan fingerprint density at radius 2 is 1.95 bits per heavy atom. The number of amides is 1. The summed E-state index contributed by atoms with van der Waals surface area (Å²) in [5.41, 5.74) is -0.0920. The van der Waals surface area contributed by atoms with Crippen LogP contribution in [-0.4, -0.2) is 29.1 Å². The van der Waals surface area contributed by atoms with Crippen LogP contribution in [0.25, 0.3) is 0 Å². The molecule has 0 aromatic heterocycles. The summed E-state index contributed by atoms with van der Waals surface area (Å²) in [6.45, 7) is 16.1. The molecule has 1 N–H and O–H groups in total. The van der Waals surface area contributed by atoms with E-state index in [-0.39, 0.29) is 23.0 Å². The zero-order chi connectivity index (χ0) is 14.8. The van der Waals surface area contributed by atoms with Crippen LogP contribution in [0.15, 0.2) is 0 Å². The Morgan fingerprint density at radius 3 is 2.37 bits per heavy atom. The molecule has 1 aliphatic rings. The van der Waals surface area contributed by atoms with E-state index in [2.05, 4.69) is 51.8 Å². The Balaban J connectivity index is 2.80. The molecule has 0 bridgehead atoms. The van der Waals surface area contributed by atoms with Crippen molar-refractivity contribution < 1.29 is 4.79 Å². The molecular formula is C16H32N2O. The molecule has 0 aromatic carbocycles. The summed E-state index contributed by atoms with van der Waals surface area (Å²) < 4.78 is 0. The van der Waals surface area contributed by atoms with Crippen molar-refractivity contribution in [3.63, 3.8) is 0 Å². The van der Waals surface area contributed by atoms with E-state index in [9.17, 15) is 4.79 Å². The van der Waals surface area contributed by atoms with E-state index in [0.29, 0.717) is 5.92 Å². The minimum Gasteiger partial charge on any atom is -0.326 e. The van der Waals surface area contributed by atoms with Crippen molar-refractivity contribution in [2.24, 2.45) is 11.3 Å². The van der Waals surface area contributed by atoms with Gasteiger partial charge in [-0.15, -0.1) is 0 Å². The maximum absolute atomic E-state index is 12.6. The molecule has 1 aliphatic heterocycles. The Labute approximate surface area is 119 Å². The van der Waals surface area contributed by atoms with Crippen LogP contribution in [-0.2, 0) is 4.79 Å². The number of nitrogens with one attached hydrogen (secondary N) is 1. The second-order valence-corrected chi connectivity index (χ2v) is 7.78. The van der Waals surface area contributed by atoms with Gasteiger partial charge < -0.3 is 4.90 Å². The van der Waals surface area contributed by atoms with Gasteiger partial charge in [-0.25, -0.2) is 0 Å². The standard InChI is InChI=1S/C16H32N2O/c1-8-16(7)14(19)18(10-9-15(4,5)6)13(17-16)11-12(2)3/h12-13,17H,8-11H2,1-7H3. The Hall–Kier alpha value is -0.570. The molecule has 1 rings (SSSR count). The lowest BCUT2D eigenvalue weighted by Gasteiger charge is -2.28. The maximum atomic E-state index is 12.6. The topological polar surface area (TPSA) is 32.3 Å². The van der Waals surface area contributed by atoms with Crippen molar-refractivity contribution in [3.05, 3.63) is 0 Å². The first kappa shape index (κ1) is 16.5. The second-order valence-electron chi connectivity index (χ2n) is 7.78. The van der Waals surface area contributed by atoms with Crippen LogP contribution in [0.5, 0.6) is 0 Å². The summed E-state index contributed by atoms with van der Waals surface area (Å²) in [4.78, 5) is 14.7. The van der Waals surface area contributed by atoms with Crippen LogP contribution in [0.1, 0.15) is 67.7 Å². The number of carbonyl (C=O) groups is 1.